The second-order valence-corrected chi connectivity index (χ2v) is 12.4. The summed E-state index contributed by atoms with van der Waals surface area (Å²) < 4.78 is 12.7. The average molecular weight is 567 g/mol. The molecule has 0 N–H and O–H groups in total. The molecular formula is C40H22O2S. The number of rotatable bonds is 2. The van der Waals surface area contributed by atoms with Crippen molar-refractivity contribution in [1.82, 2.24) is 0 Å². The van der Waals surface area contributed by atoms with Gasteiger partial charge in [-0.1, -0.05) is 90.6 Å². The minimum Gasteiger partial charge on any atom is -0.456 e. The van der Waals surface area contributed by atoms with Gasteiger partial charge in [-0.2, -0.15) is 0 Å². The van der Waals surface area contributed by atoms with E-state index in [2.05, 4.69) is 121 Å². The van der Waals surface area contributed by atoms with Gasteiger partial charge in [0, 0.05) is 36.7 Å². The number of hydrogen-bond acceptors (Lipinski definition) is 3. The van der Waals surface area contributed by atoms with E-state index >= 15 is 0 Å². The Labute approximate surface area is 251 Å². The molecule has 0 amide bonds. The van der Waals surface area contributed by atoms with Crippen molar-refractivity contribution in [3.8, 4) is 33.4 Å². The molecule has 2 aromatic heterocycles. The molecule has 1 aliphatic heterocycles. The molecule has 1 aliphatic rings. The van der Waals surface area contributed by atoms with Gasteiger partial charge >= 0.3 is 0 Å². The number of furan rings is 2. The molecule has 9 aromatic rings. The molecule has 0 saturated heterocycles. The zero-order chi connectivity index (χ0) is 28.1. The van der Waals surface area contributed by atoms with E-state index in [0.717, 1.165) is 60.6 Å². The van der Waals surface area contributed by atoms with Crippen LogP contribution in [0, 0.1) is 0 Å². The van der Waals surface area contributed by atoms with Crippen molar-refractivity contribution >= 4 is 66.4 Å². The topological polar surface area (TPSA) is 26.3 Å². The largest absolute Gasteiger partial charge is 0.456 e. The number of para-hydroxylation sites is 1. The highest BCUT2D eigenvalue weighted by Gasteiger charge is 2.21. The Morgan fingerprint density at radius 2 is 0.930 bits per heavy atom. The molecule has 10 rings (SSSR count). The van der Waals surface area contributed by atoms with Gasteiger partial charge in [0.05, 0.1) is 0 Å². The van der Waals surface area contributed by atoms with Crippen molar-refractivity contribution in [2.75, 3.05) is 0 Å². The second kappa shape index (κ2) is 8.64. The molecule has 3 heterocycles. The van der Waals surface area contributed by atoms with Gasteiger partial charge in [0.1, 0.15) is 22.3 Å². The Morgan fingerprint density at radius 1 is 0.349 bits per heavy atom. The van der Waals surface area contributed by atoms with Crippen molar-refractivity contribution < 1.29 is 8.83 Å². The van der Waals surface area contributed by atoms with Crippen LogP contribution < -0.4 is 0 Å². The van der Waals surface area contributed by atoms with Crippen LogP contribution in [0.25, 0.3) is 88.0 Å². The summed E-state index contributed by atoms with van der Waals surface area (Å²) in [5.41, 5.74) is 10.8. The van der Waals surface area contributed by atoms with Gasteiger partial charge in [0.15, 0.2) is 0 Å². The predicted octanol–water partition coefficient (Wildman–Crippen LogP) is 12.1. The molecule has 0 atom stereocenters. The lowest BCUT2D eigenvalue weighted by atomic mass is 9.92. The highest BCUT2D eigenvalue weighted by molar-refractivity contribution is 7.99. The molecule has 2 nitrogen and oxygen atoms in total. The first-order chi connectivity index (χ1) is 21.3. The minimum absolute atomic E-state index is 0.888. The smallest absolute Gasteiger partial charge is 0.136 e. The zero-order valence-corrected chi connectivity index (χ0v) is 23.7. The Hall–Kier alpha value is -5.25. The highest BCUT2D eigenvalue weighted by Crippen LogP contribution is 2.49. The Morgan fingerprint density at radius 3 is 1.72 bits per heavy atom. The standard InChI is InChI=1S/C40H22O2S/c1-3-10-34-27(6-1)28-15-12-23(20-35(28)41-34)24-13-16-29-30-17-14-25(22-37(30)42-36(29)21-24)26-18-19-39-40-32(26)8-5-9-33(40)31-7-2-4-11-38(31)43-39/h1-22H. The summed E-state index contributed by atoms with van der Waals surface area (Å²) in [4.78, 5) is 2.63. The molecule has 7 aromatic carbocycles. The van der Waals surface area contributed by atoms with Crippen molar-refractivity contribution in [3.63, 3.8) is 0 Å². The zero-order valence-electron chi connectivity index (χ0n) is 22.9. The van der Waals surface area contributed by atoms with E-state index in [4.69, 9.17) is 8.83 Å². The van der Waals surface area contributed by atoms with E-state index in [1.807, 2.05) is 23.9 Å². The van der Waals surface area contributed by atoms with Crippen molar-refractivity contribution in [1.29, 1.82) is 0 Å². The predicted molar refractivity (Wildman–Crippen MR) is 179 cm³/mol. The summed E-state index contributed by atoms with van der Waals surface area (Å²) in [6, 6.07) is 47.7. The Bertz CT molecular complexity index is 2600. The second-order valence-electron chi connectivity index (χ2n) is 11.3. The molecule has 0 fully saturated rings. The molecule has 200 valence electrons. The van der Waals surface area contributed by atoms with Gasteiger partial charge in [-0.15, -0.1) is 0 Å². The van der Waals surface area contributed by atoms with E-state index in [1.165, 1.54) is 37.3 Å². The lowest BCUT2D eigenvalue weighted by molar-refractivity contribution is 0.668. The third-order valence-electron chi connectivity index (χ3n) is 8.90. The minimum atomic E-state index is 0.888. The fraction of sp³-hybridized carbons (Fsp3) is 0. The van der Waals surface area contributed by atoms with Crippen molar-refractivity contribution in [3.05, 3.63) is 133 Å². The summed E-state index contributed by atoms with van der Waals surface area (Å²) >= 11 is 1.86. The first-order valence-electron chi connectivity index (χ1n) is 14.5. The quantitative estimate of drug-likeness (QED) is 0.208. The maximum Gasteiger partial charge on any atom is 0.136 e. The van der Waals surface area contributed by atoms with Crippen LogP contribution in [0.5, 0.6) is 0 Å². The number of hydrogen-bond donors (Lipinski definition) is 0. The molecule has 3 heteroatoms. The summed E-state index contributed by atoms with van der Waals surface area (Å²) in [5.74, 6) is 0. The lowest BCUT2D eigenvalue weighted by Crippen LogP contribution is -1.93. The maximum atomic E-state index is 6.52. The summed E-state index contributed by atoms with van der Waals surface area (Å²) in [6.45, 7) is 0. The SMILES string of the molecule is c1ccc2c(c1)Sc1ccc(-c3ccc4c(c3)oc3cc(-c5ccc6c(c5)oc5ccccc56)ccc34)c3cccc-2c13. The van der Waals surface area contributed by atoms with Crippen LogP contribution in [0.4, 0.5) is 0 Å². The van der Waals surface area contributed by atoms with Crippen molar-refractivity contribution in [2.24, 2.45) is 0 Å². The molecular weight excluding hydrogens is 545 g/mol. The number of benzene rings is 7. The van der Waals surface area contributed by atoms with E-state index in [0.29, 0.717) is 0 Å². The van der Waals surface area contributed by atoms with E-state index in [1.54, 1.807) is 0 Å². The third-order valence-corrected chi connectivity index (χ3v) is 10.0. The van der Waals surface area contributed by atoms with E-state index < -0.39 is 0 Å². The maximum absolute atomic E-state index is 6.52. The van der Waals surface area contributed by atoms with Crippen molar-refractivity contribution in [2.45, 2.75) is 9.79 Å². The number of fused-ring (bicyclic) bond motifs is 8. The van der Waals surface area contributed by atoms with Gasteiger partial charge in [-0.3, -0.25) is 0 Å². The Kier molecular flexibility index (Phi) is 4.68. The molecule has 43 heavy (non-hydrogen) atoms. The molecule has 0 spiro atoms. The fourth-order valence-electron chi connectivity index (χ4n) is 6.86. The Balaban J connectivity index is 1.09. The summed E-state index contributed by atoms with van der Waals surface area (Å²) in [5, 5.41) is 7.14. The molecule has 0 radical (unpaired) electrons. The van der Waals surface area contributed by atoms with Crippen LogP contribution in [0.15, 0.2) is 152 Å². The first-order valence-corrected chi connectivity index (χ1v) is 15.3. The molecule has 0 unspecified atom stereocenters. The summed E-state index contributed by atoms with van der Waals surface area (Å²) in [7, 11) is 0. The average Bonchev–Trinajstić information content (AvgIpc) is 3.62. The van der Waals surface area contributed by atoms with Gasteiger partial charge in [-0.25, -0.2) is 0 Å². The van der Waals surface area contributed by atoms with Gasteiger partial charge in [0.25, 0.3) is 0 Å². The van der Waals surface area contributed by atoms with E-state index in [9.17, 15) is 0 Å². The fourth-order valence-corrected chi connectivity index (χ4v) is 7.99. The van der Waals surface area contributed by atoms with Gasteiger partial charge in [-0.05, 0) is 93.4 Å². The van der Waals surface area contributed by atoms with Crippen LogP contribution in [0.1, 0.15) is 0 Å². The van der Waals surface area contributed by atoms with Crippen LogP contribution in [-0.2, 0) is 0 Å². The normalized spacial score (nSPS) is 12.6. The molecule has 0 saturated carbocycles. The van der Waals surface area contributed by atoms with Gasteiger partial charge in [0.2, 0.25) is 0 Å². The molecule has 0 bridgehead atoms. The first kappa shape index (κ1) is 23.3. The van der Waals surface area contributed by atoms with Crippen LogP contribution in [-0.4, -0.2) is 0 Å². The monoisotopic (exact) mass is 566 g/mol. The highest BCUT2D eigenvalue weighted by atomic mass is 32.2. The van der Waals surface area contributed by atoms with Crippen LogP contribution in [0.2, 0.25) is 0 Å². The van der Waals surface area contributed by atoms with Gasteiger partial charge < -0.3 is 8.83 Å². The third kappa shape index (κ3) is 3.37. The summed E-state index contributed by atoms with van der Waals surface area (Å²) in [6.07, 6.45) is 0. The molecule has 0 aliphatic carbocycles. The van der Waals surface area contributed by atoms with Crippen LogP contribution >= 0.6 is 11.8 Å². The lowest BCUT2D eigenvalue weighted by Gasteiger charge is -2.21. The van der Waals surface area contributed by atoms with Crippen LogP contribution in [0.3, 0.4) is 0 Å². The van der Waals surface area contributed by atoms with E-state index in [-0.39, 0.29) is 0 Å².